The monoisotopic (exact) mass is 291 g/mol. The Morgan fingerprint density at radius 3 is 2.78 bits per heavy atom. The summed E-state index contributed by atoms with van der Waals surface area (Å²) in [7, 11) is -3.06. The van der Waals surface area contributed by atoms with E-state index < -0.39 is 10.0 Å². The standard InChI is InChI=1S/C11H21N3O2S2/c1-4-14(18(3,15)16)7-5-6-13-10(2)11-8-12-9-17-11/h8-10,13H,4-7H2,1-3H3. The second kappa shape index (κ2) is 7.18. The van der Waals surface area contributed by atoms with Crippen molar-refractivity contribution in [2.75, 3.05) is 25.9 Å². The topological polar surface area (TPSA) is 62.3 Å². The van der Waals surface area contributed by atoms with Gasteiger partial charge < -0.3 is 5.32 Å². The number of hydrogen-bond donors (Lipinski definition) is 1. The third kappa shape index (κ3) is 5.01. The molecule has 1 aromatic heterocycles. The Hall–Kier alpha value is -0.500. The van der Waals surface area contributed by atoms with E-state index in [4.69, 9.17) is 0 Å². The lowest BCUT2D eigenvalue weighted by molar-refractivity contribution is 0.414. The van der Waals surface area contributed by atoms with Gasteiger partial charge in [0.25, 0.3) is 0 Å². The highest BCUT2D eigenvalue weighted by atomic mass is 32.2. The van der Waals surface area contributed by atoms with Crippen LogP contribution in [0.3, 0.4) is 0 Å². The Labute approximate surface area is 113 Å². The summed E-state index contributed by atoms with van der Waals surface area (Å²) >= 11 is 1.62. The minimum absolute atomic E-state index is 0.269. The summed E-state index contributed by atoms with van der Waals surface area (Å²) in [5, 5.41) is 3.36. The number of aromatic nitrogens is 1. The molecule has 0 saturated carbocycles. The van der Waals surface area contributed by atoms with Crippen molar-refractivity contribution in [2.24, 2.45) is 0 Å². The quantitative estimate of drug-likeness (QED) is 0.737. The highest BCUT2D eigenvalue weighted by Crippen LogP contribution is 2.15. The highest BCUT2D eigenvalue weighted by Gasteiger charge is 2.13. The first kappa shape index (κ1) is 15.6. The van der Waals surface area contributed by atoms with Gasteiger partial charge in [-0.15, -0.1) is 11.3 Å². The molecule has 104 valence electrons. The van der Waals surface area contributed by atoms with Crippen molar-refractivity contribution in [2.45, 2.75) is 26.3 Å². The van der Waals surface area contributed by atoms with Crippen LogP contribution in [0.5, 0.6) is 0 Å². The molecular weight excluding hydrogens is 270 g/mol. The normalized spacial score (nSPS) is 14.0. The predicted octanol–water partition coefficient (Wildman–Crippen LogP) is 1.47. The molecule has 1 N–H and O–H groups in total. The number of rotatable bonds is 8. The van der Waals surface area contributed by atoms with Crippen LogP contribution in [-0.4, -0.2) is 43.6 Å². The lowest BCUT2D eigenvalue weighted by atomic mass is 10.3. The molecule has 1 aromatic rings. The average Bonchev–Trinajstić information content (AvgIpc) is 2.80. The molecule has 0 bridgehead atoms. The van der Waals surface area contributed by atoms with Gasteiger partial charge in [-0.1, -0.05) is 6.92 Å². The van der Waals surface area contributed by atoms with Gasteiger partial charge in [-0.2, -0.15) is 0 Å². The molecule has 0 fully saturated rings. The van der Waals surface area contributed by atoms with Crippen LogP contribution in [0.15, 0.2) is 11.7 Å². The highest BCUT2D eigenvalue weighted by molar-refractivity contribution is 7.88. The van der Waals surface area contributed by atoms with E-state index in [1.165, 1.54) is 15.4 Å². The third-order valence-electron chi connectivity index (χ3n) is 2.73. The molecule has 5 nitrogen and oxygen atoms in total. The van der Waals surface area contributed by atoms with Crippen LogP contribution in [-0.2, 0) is 10.0 Å². The fourth-order valence-corrected chi connectivity index (χ4v) is 3.25. The zero-order valence-corrected chi connectivity index (χ0v) is 12.7. The van der Waals surface area contributed by atoms with E-state index in [1.807, 2.05) is 18.6 Å². The maximum Gasteiger partial charge on any atom is 0.211 e. The van der Waals surface area contributed by atoms with Gasteiger partial charge in [-0.3, -0.25) is 4.98 Å². The van der Waals surface area contributed by atoms with Gasteiger partial charge in [0.15, 0.2) is 0 Å². The molecule has 0 amide bonds. The SMILES string of the molecule is CCN(CCCNC(C)c1cncs1)S(C)(=O)=O. The minimum Gasteiger partial charge on any atom is -0.309 e. The average molecular weight is 291 g/mol. The van der Waals surface area contributed by atoms with Gasteiger partial charge in [0.1, 0.15) is 0 Å². The van der Waals surface area contributed by atoms with Crippen LogP contribution < -0.4 is 5.32 Å². The molecule has 1 heterocycles. The first-order chi connectivity index (χ1) is 8.45. The summed E-state index contributed by atoms with van der Waals surface area (Å²) in [6.07, 6.45) is 3.92. The first-order valence-electron chi connectivity index (χ1n) is 6.02. The van der Waals surface area contributed by atoms with Gasteiger partial charge in [0, 0.05) is 30.2 Å². The molecule has 1 rings (SSSR count). The third-order valence-corrected chi connectivity index (χ3v) is 5.07. The molecular formula is C11H21N3O2S2. The lowest BCUT2D eigenvalue weighted by Crippen LogP contribution is -2.32. The number of thiazole rings is 1. The van der Waals surface area contributed by atoms with Crippen molar-refractivity contribution >= 4 is 21.4 Å². The maximum atomic E-state index is 11.4. The second-order valence-electron chi connectivity index (χ2n) is 4.19. The molecule has 0 radical (unpaired) electrons. The van der Waals surface area contributed by atoms with E-state index in [0.717, 1.165) is 13.0 Å². The van der Waals surface area contributed by atoms with Crippen LogP contribution in [0.2, 0.25) is 0 Å². The number of sulfonamides is 1. The van der Waals surface area contributed by atoms with Gasteiger partial charge in [-0.05, 0) is 19.9 Å². The van der Waals surface area contributed by atoms with Crippen LogP contribution >= 0.6 is 11.3 Å². The van der Waals surface area contributed by atoms with Crippen molar-refractivity contribution in [1.29, 1.82) is 0 Å². The Morgan fingerprint density at radius 1 is 1.56 bits per heavy atom. The Morgan fingerprint density at radius 2 is 2.28 bits per heavy atom. The molecule has 0 spiro atoms. The van der Waals surface area contributed by atoms with Gasteiger partial charge in [0.05, 0.1) is 11.8 Å². The van der Waals surface area contributed by atoms with Crippen molar-refractivity contribution < 1.29 is 8.42 Å². The summed E-state index contributed by atoms with van der Waals surface area (Å²) in [6, 6.07) is 0.269. The van der Waals surface area contributed by atoms with E-state index in [9.17, 15) is 8.42 Å². The molecule has 0 aliphatic rings. The van der Waals surface area contributed by atoms with Crippen molar-refractivity contribution in [1.82, 2.24) is 14.6 Å². The van der Waals surface area contributed by atoms with Crippen LogP contribution in [0, 0.1) is 0 Å². The van der Waals surface area contributed by atoms with Crippen molar-refractivity contribution in [3.63, 3.8) is 0 Å². The summed E-state index contributed by atoms with van der Waals surface area (Å²) < 4.78 is 24.2. The zero-order chi connectivity index (χ0) is 13.6. The van der Waals surface area contributed by atoms with E-state index >= 15 is 0 Å². The fraction of sp³-hybridized carbons (Fsp3) is 0.727. The molecule has 1 atom stereocenters. The van der Waals surface area contributed by atoms with Gasteiger partial charge in [0.2, 0.25) is 10.0 Å². The zero-order valence-electron chi connectivity index (χ0n) is 11.1. The predicted molar refractivity (Wildman–Crippen MR) is 75.2 cm³/mol. The summed E-state index contributed by atoms with van der Waals surface area (Å²) in [5.41, 5.74) is 1.82. The largest absolute Gasteiger partial charge is 0.309 e. The van der Waals surface area contributed by atoms with Crippen LogP contribution in [0.4, 0.5) is 0 Å². The van der Waals surface area contributed by atoms with E-state index in [-0.39, 0.29) is 6.04 Å². The second-order valence-corrected chi connectivity index (χ2v) is 7.09. The van der Waals surface area contributed by atoms with E-state index in [0.29, 0.717) is 13.1 Å². The molecule has 1 unspecified atom stereocenters. The number of nitrogens with zero attached hydrogens (tertiary/aromatic N) is 2. The van der Waals surface area contributed by atoms with Crippen LogP contribution in [0.25, 0.3) is 0 Å². The molecule has 18 heavy (non-hydrogen) atoms. The van der Waals surface area contributed by atoms with Crippen molar-refractivity contribution in [3.8, 4) is 0 Å². The lowest BCUT2D eigenvalue weighted by Gasteiger charge is -2.18. The number of hydrogen-bond acceptors (Lipinski definition) is 5. The Bertz CT molecular complexity index is 431. The summed E-state index contributed by atoms with van der Waals surface area (Å²) in [4.78, 5) is 5.24. The van der Waals surface area contributed by atoms with E-state index in [2.05, 4.69) is 17.2 Å². The van der Waals surface area contributed by atoms with Gasteiger partial charge >= 0.3 is 0 Å². The summed E-state index contributed by atoms with van der Waals surface area (Å²) in [6.45, 7) is 5.84. The molecule has 0 saturated heterocycles. The van der Waals surface area contributed by atoms with E-state index in [1.54, 1.807) is 11.3 Å². The summed E-state index contributed by atoms with van der Waals surface area (Å²) in [5.74, 6) is 0. The number of nitrogens with one attached hydrogen (secondary N) is 1. The Kier molecular flexibility index (Phi) is 6.20. The first-order valence-corrected chi connectivity index (χ1v) is 8.74. The molecule has 0 aliphatic heterocycles. The van der Waals surface area contributed by atoms with Crippen LogP contribution in [0.1, 0.15) is 31.2 Å². The van der Waals surface area contributed by atoms with Gasteiger partial charge in [-0.25, -0.2) is 12.7 Å². The molecule has 0 aromatic carbocycles. The smallest absolute Gasteiger partial charge is 0.211 e. The molecule has 7 heteroatoms. The maximum absolute atomic E-state index is 11.4. The Balaban J connectivity index is 2.26. The fourth-order valence-electron chi connectivity index (χ4n) is 1.67. The molecule has 0 aliphatic carbocycles. The van der Waals surface area contributed by atoms with Crippen molar-refractivity contribution in [3.05, 3.63) is 16.6 Å². The minimum atomic E-state index is -3.06.